The number of methoxy groups -OCH3 is 1. The minimum absolute atomic E-state index is 0.605. The Morgan fingerprint density at radius 2 is 2.09 bits per heavy atom. The maximum absolute atomic E-state index is 5.55. The monoisotopic (exact) mass is 348 g/mol. The van der Waals surface area contributed by atoms with Crippen molar-refractivity contribution in [3.8, 4) is 17.2 Å². The zero-order valence-corrected chi connectivity index (χ0v) is 14.4. The van der Waals surface area contributed by atoms with Gasteiger partial charge in [0.05, 0.1) is 12.8 Å². The minimum Gasteiger partial charge on any atom is -0.497 e. The first-order valence-corrected chi connectivity index (χ1v) is 8.87. The van der Waals surface area contributed by atoms with Gasteiger partial charge in [0, 0.05) is 17.9 Å². The Hall–Kier alpha value is -2.06. The second-order valence-electron chi connectivity index (χ2n) is 4.56. The lowest BCUT2D eigenvalue weighted by molar-refractivity contribution is 0.415. The van der Waals surface area contributed by atoms with Crippen LogP contribution in [0.5, 0.6) is 5.75 Å². The molecule has 0 aliphatic carbocycles. The molecule has 0 radical (unpaired) electrons. The highest BCUT2D eigenvalue weighted by molar-refractivity contribution is 8.00. The molecule has 23 heavy (non-hydrogen) atoms. The summed E-state index contributed by atoms with van der Waals surface area (Å²) >= 11 is 3.14. The number of nitrogens with zero attached hydrogens (tertiary/aromatic N) is 3. The van der Waals surface area contributed by atoms with E-state index in [1.807, 2.05) is 31.2 Å². The summed E-state index contributed by atoms with van der Waals surface area (Å²) in [6, 6.07) is 7.62. The van der Waals surface area contributed by atoms with Crippen LogP contribution in [0.2, 0.25) is 0 Å². The summed E-state index contributed by atoms with van der Waals surface area (Å²) in [7, 11) is 1.64. The number of ether oxygens (including phenoxy) is 1. The Kier molecular flexibility index (Phi) is 5.14. The highest BCUT2D eigenvalue weighted by atomic mass is 32.2. The summed E-state index contributed by atoms with van der Waals surface area (Å²) in [5.74, 6) is 2.11. The van der Waals surface area contributed by atoms with Crippen molar-refractivity contribution in [2.75, 3.05) is 19.0 Å². The first-order valence-electron chi connectivity index (χ1n) is 7.07. The third-order valence-corrected chi connectivity index (χ3v) is 5.01. The fraction of sp³-hybridized carbons (Fsp3) is 0.267. The van der Waals surface area contributed by atoms with Crippen molar-refractivity contribution in [2.45, 2.75) is 17.0 Å². The van der Waals surface area contributed by atoms with Crippen LogP contribution in [0.1, 0.15) is 12.6 Å². The van der Waals surface area contributed by atoms with Gasteiger partial charge >= 0.3 is 0 Å². The summed E-state index contributed by atoms with van der Waals surface area (Å²) in [4.78, 5) is 4.51. The van der Waals surface area contributed by atoms with E-state index in [-0.39, 0.29) is 0 Å². The number of nitrogens with one attached hydrogen (secondary N) is 1. The van der Waals surface area contributed by atoms with Gasteiger partial charge in [0.1, 0.15) is 12.0 Å². The standard InChI is InChI=1S/C15H16N4O2S2/c1-3-16-14-18-19-15(23-14)22-9-11-8-21-13(17-11)10-4-6-12(20-2)7-5-10/h4-8H,3,9H2,1-2H3,(H,16,18). The molecule has 0 aliphatic rings. The predicted molar refractivity (Wildman–Crippen MR) is 92.1 cm³/mol. The predicted octanol–water partition coefficient (Wildman–Crippen LogP) is 3.93. The topological polar surface area (TPSA) is 73.1 Å². The van der Waals surface area contributed by atoms with Crippen molar-refractivity contribution >= 4 is 28.2 Å². The van der Waals surface area contributed by atoms with Gasteiger partial charge in [-0.15, -0.1) is 10.2 Å². The maximum atomic E-state index is 5.55. The quantitative estimate of drug-likeness (QED) is 0.649. The van der Waals surface area contributed by atoms with E-state index < -0.39 is 0 Å². The number of anilines is 1. The largest absolute Gasteiger partial charge is 0.497 e. The van der Waals surface area contributed by atoms with Gasteiger partial charge in [-0.1, -0.05) is 23.1 Å². The van der Waals surface area contributed by atoms with Crippen molar-refractivity contribution in [1.29, 1.82) is 0 Å². The van der Waals surface area contributed by atoms with Gasteiger partial charge in [-0.05, 0) is 31.2 Å². The highest BCUT2D eigenvalue weighted by Gasteiger charge is 2.09. The molecule has 0 amide bonds. The van der Waals surface area contributed by atoms with E-state index in [2.05, 4.69) is 20.5 Å². The zero-order chi connectivity index (χ0) is 16.1. The molecule has 0 saturated carbocycles. The summed E-state index contributed by atoms with van der Waals surface area (Å²) in [5, 5.41) is 12.2. The van der Waals surface area contributed by atoms with E-state index in [4.69, 9.17) is 9.15 Å². The van der Waals surface area contributed by atoms with Crippen LogP contribution >= 0.6 is 23.1 Å². The van der Waals surface area contributed by atoms with E-state index in [9.17, 15) is 0 Å². The normalized spacial score (nSPS) is 10.7. The summed E-state index contributed by atoms with van der Waals surface area (Å²) in [6.07, 6.45) is 1.68. The fourth-order valence-corrected chi connectivity index (χ4v) is 3.56. The summed E-state index contributed by atoms with van der Waals surface area (Å²) in [6.45, 7) is 2.87. The van der Waals surface area contributed by atoms with Crippen LogP contribution in [0.15, 0.2) is 39.3 Å². The van der Waals surface area contributed by atoms with E-state index >= 15 is 0 Å². The second kappa shape index (κ2) is 7.47. The van der Waals surface area contributed by atoms with Crippen molar-refractivity contribution in [1.82, 2.24) is 15.2 Å². The van der Waals surface area contributed by atoms with Gasteiger partial charge in [-0.2, -0.15) is 0 Å². The molecular weight excluding hydrogens is 332 g/mol. The number of hydrogen-bond acceptors (Lipinski definition) is 8. The van der Waals surface area contributed by atoms with Crippen molar-refractivity contribution in [3.05, 3.63) is 36.2 Å². The first kappa shape index (κ1) is 15.8. The molecule has 0 saturated heterocycles. The minimum atomic E-state index is 0.605. The van der Waals surface area contributed by atoms with Gasteiger partial charge in [0.25, 0.3) is 0 Å². The lowest BCUT2D eigenvalue weighted by Crippen LogP contribution is -1.94. The van der Waals surface area contributed by atoms with Crippen LogP contribution in [-0.4, -0.2) is 28.8 Å². The molecule has 2 heterocycles. The second-order valence-corrected chi connectivity index (χ2v) is 6.76. The van der Waals surface area contributed by atoms with Gasteiger partial charge in [-0.25, -0.2) is 4.98 Å². The number of rotatable bonds is 7. The van der Waals surface area contributed by atoms with Crippen LogP contribution in [-0.2, 0) is 5.75 Å². The lowest BCUT2D eigenvalue weighted by atomic mass is 10.2. The van der Waals surface area contributed by atoms with Crippen LogP contribution in [0.3, 0.4) is 0 Å². The van der Waals surface area contributed by atoms with Gasteiger partial charge in [-0.3, -0.25) is 0 Å². The van der Waals surface area contributed by atoms with Crippen molar-refractivity contribution < 1.29 is 9.15 Å². The molecule has 0 spiro atoms. The van der Waals surface area contributed by atoms with E-state index in [0.29, 0.717) is 11.6 Å². The number of hydrogen-bond donors (Lipinski definition) is 1. The number of oxazole rings is 1. The Morgan fingerprint density at radius 1 is 1.26 bits per heavy atom. The fourth-order valence-electron chi connectivity index (χ4n) is 1.87. The molecule has 0 bridgehead atoms. The molecule has 6 nitrogen and oxygen atoms in total. The van der Waals surface area contributed by atoms with E-state index in [1.165, 1.54) is 0 Å². The Balaban J connectivity index is 1.62. The number of thioether (sulfide) groups is 1. The molecule has 120 valence electrons. The smallest absolute Gasteiger partial charge is 0.226 e. The van der Waals surface area contributed by atoms with Crippen molar-refractivity contribution in [3.63, 3.8) is 0 Å². The van der Waals surface area contributed by atoms with E-state index in [1.54, 1.807) is 36.5 Å². The Morgan fingerprint density at radius 3 is 2.83 bits per heavy atom. The molecule has 1 N–H and O–H groups in total. The maximum Gasteiger partial charge on any atom is 0.226 e. The van der Waals surface area contributed by atoms with E-state index in [0.717, 1.165) is 33.0 Å². The highest BCUT2D eigenvalue weighted by Crippen LogP contribution is 2.29. The molecule has 0 atom stereocenters. The van der Waals surface area contributed by atoms with Gasteiger partial charge in [0.2, 0.25) is 11.0 Å². The third-order valence-electron chi connectivity index (χ3n) is 2.97. The molecule has 3 aromatic rings. The number of benzene rings is 1. The van der Waals surface area contributed by atoms with Gasteiger partial charge < -0.3 is 14.5 Å². The average molecular weight is 348 g/mol. The van der Waals surface area contributed by atoms with Crippen LogP contribution in [0.25, 0.3) is 11.5 Å². The Labute approximate surface area is 142 Å². The molecule has 0 aliphatic heterocycles. The molecule has 0 unspecified atom stereocenters. The molecular formula is C15H16N4O2S2. The average Bonchev–Trinajstić information content (AvgIpc) is 3.23. The van der Waals surface area contributed by atoms with Gasteiger partial charge in [0.15, 0.2) is 4.34 Å². The third kappa shape index (κ3) is 4.02. The Bertz CT molecular complexity index is 755. The number of aromatic nitrogens is 3. The van der Waals surface area contributed by atoms with Crippen LogP contribution in [0, 0.1) is 0 Å². The van der Waals surface area contributed by atoms with Crippen LogP contribution < -0.4 is 10.1 Å². The van der Waals surface area contributed by atoms with Crippen LogP contribution in [0.4, 0.5) is 5.13 Å². The molecule has 0 fully saturated rings. The summed E-state index contributed by atoms with van der Waals surface area (Å²) in [5.41, 5.74) is 1.80. The lowest BCUT2D eigenvalue weighted by Gasteiger charge is -1.99. The van der Waals surface area contributed by atoms with Crippen molar-refractivity contribution in [2.24, 2.45) is 0 Å². The molecule has 2 aromatic heterocycles. The molecule has 8 heteroatoms. The summed E-state index contributed by atoms with van der Waals surface area (Å²) < 4.78 is 11.6. The zero-order valence-electron chi connectivity index (χ0n) is 12.8. The molecule has 1 aromatic carbocycles. The first-order chi connectivity index (χ1) is 11.3. The molecule has 3 rings (SSSR count). The SMILES string of the molecule is CCNc1nnc(SCc2coc(-c3ccc(OC)cc3)n2)s1.